The van der Waals surface area contributed by atoms with Gasteiger partial charge in [-0.1, -0.05) is 31.0 Å². The molecule has 0 saturated heterocycles. The van der Waals surface area contributed by atoms with Crippen LogP contribution < -0.4 is 5.32 Å². The van der Waals surface area contributed by atoms with Gasteiger partial charge in [0.2, 0.25) is 0 Å². The lowest BCUT2D eigenvalue weighted by Gasteiger charge is -2.11. The van der Waals surface area contributed by atoms with Crippen molar-refractivity contribution in [3.63, 3.8) is 0 Å². The highest BCUT2D eigenvalue weighted by Crippen LogP contribution is 2.18. The molecule has 1 aliphatic rings. The topological polar surface area (TPSA) is 42.0 Å². The van der Waals surface area contributed by atoms with Crippen LogP contribution in [0, 0.1) is 0 Å². The standard InChI is InChI=1S/C16H18N2O/c19-16(11-18-14-5-1-2-6-14)13-8-7-12-4-3-9-17-15(12)10-13/h3-4,7-10,14,18H,1-2,5-6,11H2. The van der Waals surface area contributed by atoms with E-state index >= 15 is 0 Å². The lowest BCUT2D eigenvalue weighted by Crippen LogP contribution is -2.31. The third-order valence-electron chi connectivity index (χ3n) is 3.83. The Hall–Kier alpha value is -1.74. The Morgan fingerprint density at radius 3 is 2.95 bits per heavy atom. The molecule has 1 saturated carbocycles. The number of ketones is 1. The second-order valence-corrected chi connectivity index (χ2v) is 5.20. The van der Waals surface area contributed by atoms with E-state index < -0.39 is 0 Å². The Balaban J connectivity index is 1.70. The van der Waals surface area contributed by atoms with E-state index in [1.165, 1.54) is 25.7 Å². The zero-order chi connectivity index (χ0) is 13.1. The van der Waals surface area contributed by atoms with Crippen molar-refractivity contribution < 1.29 is 4.79 Å². The predicted octanol–water partition coefficient (Wildman–Crippen LogP) is 2.95. The molecule has 1 heterocycles. The molecule has 3 rings (SSSR count). The maximum absolute atomic E-state index is 12.2. The Morgan fingerprint density at radius 1 is 1.26 bits per heavy atom. The SMILES string of the molecule is O=C(CNC1CCCC1)c1ccc2cccnc2c1. The highest BCUT2D eigenvalue weighted by molar-refractivity contribution is 6.00. The first-order chi connectivity index (χ1) is 9.33. The summed E-state index contributed by atoms with van der Waals surface area (Å²) < 4.78 is 0. The molecule has 0 aliphatic heterocycles. The van der Waals surface area contributed by atoms with E-state index in [0.29, 0.717) is 12.6 Å². The summed E-state index contributed by atoms with van der Waals surface area (Å²) in [6.07, 6.45) is 6.73. The monoisotopic (exact) mass is 254 g/mol. The van der Waals surface area contributed by atoms with Crippen molar-refractivity contribution in [2.45, 2.75) is 31.7 Å². The van der Waals surface area contributed by atoms with Crippen LogP contribution in [0.5, 0.6) is 0 Å². The van der Waals surface area contributed by atoms with Crippen molar-refractivity contribution in [1.82, 2.24) is 10.3 Å². The van der Waals surface area contributed by atoms with E-state index in [2.05, 4.69) is 10.3 Å². The number of benzene rings is 1. The number of aromatic nitrogens is 1. The maximum atomic E-state index is 12.2. The van der Waals surface area contributed by atoms with E-state index in [9.17, 15) is 4.79 Å². The molecule has 3 heteroatoms. The molecule has 1 fully saturated rings. The molecular weight excluding hydrogens is 236 g/mol. The highest BCUT2D eigenvalue weighted by atomic mass is 16.1. The van der Waals surface area contributed by atoms with Gasteiger partial charge in [0, 0.05) is 23.2 Å². The lowest BCUT2D eigenvalue weighted by molar-refractivity contribution is 0.0987. The Morgan fingerprint density at radius 2 is 2.11 bits per heavy atom. The molecule has 0 unspecified atom stereocenters. The van der Waals surface area contributed by atoms with Gasteiger partial charge in [-0.2, -0.15) is 0 Å². The van der Waals surface area contributed by atoms with Crippen LogP contribution in [0.15, 0.2) is 36.5 Å². The van der Waals surface area contributed by atoms with Crippen molar-refractivity contribution in [1.29, 1.82) is 0 Å². The summed E-state index contributed by atoms with van der Waals surface area (Å²) in [7, 11) is 0. The fourth-order valence-corrected chi connectivity index (χ4v) is 2.71. The Labute approximate surface area is 113 Å². The van der Waals surface area contributed by atoms with Crippen LogP contribution in [0.25, 0.3) is 10.9 Å². The molecule has 0 radical (unpaired) electrons. The molecule has 2 aromatic rings. The first-order valence-corrected chi connectivity index (χ1v) is 6.94. The first kappa shape index (κ1) is 12.3. The molecule has 1 aromatic heterocycles. The molecule has 98 valence electrons. The van der Waals surface area contributed by atoms with Gasteiger partial charge in [-0.25, -0.2) is 0 Å². The molecule has 3 nitrogen and oxygen atoms in total. The van der Waals surface area contributed by atoms with Crippen molar-refractivity contribution in [3.8, 4) is 0 Å². The molecule has 1 aliphatic carbocycles. The van der Waals surface area contributed by atoms with Crippen LogP contribution >= 0.6 is 0 Å². The Bertz CT molecular complexity index is 588. The van der Waals surface area contributed by atoms with Crippen molar-refractivity contribution in [2.75, 3.05) is 6.54 Å². The largest absolute Gasteiger partial charge is 0.307 e. The van der Waals surface area contributed by atoms with Crippen LogP contribution in [0.2, 0.25) is 0 Å². The number of hydrogen-bond acceptors (Lipinski definition) is 3. The van der Waals surface area contributed by atoms with Gasteiger partial charge in [0.1, 0.15) is 0 Å². The van der Waals surface area contributed by atoms with Gasteiger partial charge < -0.3 is 5.32 Å². The zero-order valence-electron chi connectivity index (χ0n) is 10.9. The van der Waals surface area contributed by atoms with Gasteiger partial charge in [0.25, 0.3) is 0 Å². The number of fused-ring (bicyclic) bond motifs is 1. The van der Waals surface area contributed by atoms with E-state index in [4.69, 9.17) is 0 Å². The van der Waals surface area contributed by atoms with Gasteiger partial charge in [-0.15, -0.1) is 0 Å². The minimum absolute atomic E-state index is 0.152. The second kappa shape index (κ2) is 5.49. The summed E-state index contributed by atoms with van der Waals surface area (Å²) in [5.41, 5.74) is 1.63. The molecule has 0 bridgehead atoms. The fraction of sp³-hybridized carbons (Fsp3) is 0.375. The number of nitrogens with zero attached hydrogens (tertiary/aromatic N) is 1. The minimum Gasteiger partial charge on any atom is -0.307 e. The van der Waals surface area contributed by atoms with Crippen LogP contribution in [0.3, 0.4) is 0 Å². The zero-order valence-corrected chi connectivity index (χ0v) is 10.9. The quantitative estimate of drug-likeness (QED) is 0.853. The number of carbonyl (C=O) groups excluding carboxylic acids is 1. The average Bonchev–Trinajstić information content (AvgIpc) is 2.97. The van der Waals surface area contributed by atoms with Crippen LogP contribution in [-0.4, -0.2) is 23.4 Å². The number of rotatable bonds is 4. The summed E-state index contributed by atoms with van der Waals surface area (Å²) in [6, 6.07) is 10.2. The summed E-state index contributed by atoms with van der Waals surface area (Å²) >= 11 is 0. The second-order valence-electron chi connectivity index (χ2n) is 5.20. The van der Waals surface area contributed by atoms with E-state index in [0.717, 1.165) is 16.5 Å². The number of hydrogen-bond donors (Lipinski definition) is 1. The number of pyridine rings is 1. The van der Waals surface area contributed by atoms with Crippen molar-refractivity contribution in [3.05, 3.63) is 42.1 Å². The number of carbonyl (C=O) groups is 1. The molecule has 0 atom stereocenters. The molecule has 19 heavy (non-hydrogen) atoms. The normalized spacial score (nSPS) is 16.0. The summed E-state index contributed by atoms with van der Waals surface area (Å²) in [4.78, 5) is 16.4. The lowest BCUT2D eigenvalue weighted by atomic mass is 10.1. The summed E-state index contributed by atoms with van der Waals surface area (Å²) in [6.45, 7) is 0.434. The summed E-state index contributed by atoms with van der Waals surface area (Å²) in [5.74, 6) is 0.152. The molecular formula is C16H18N2O. The predicted molar refractivity (Wildman–Crippen MR) is 76.3 cm³/mol. The third kappa shape index (κ3) is 2.82. The summed E-state index contributed by atoms with van der Waals surface area (Å²) in [5, 5.41) is 4.43. The third-order valence-corrected chi connectivity index (χ3v) is 3.83. The van der Waals surface area contributed by atoms with E-state index in [1.807, 2.05) is 30.3 Å². The molecule has 1 N–H and O–H groups in total. The van der Waals surface area contributed by atoms with Crippen molar-refractivity contribution >= 4 is 16.7 Å². The first-order valence-electron chi connectivity index (χ1n) is 6.94. The van der Waals surface area contributed by atoms with Crippen LogP contribution in [0.1, 0.15) is 36.0 Å². The van der Waals surface area contributed by atoms with Gasteiger partial charge >= 0.3 is 0 Å². The smallest absolute Gasteiger partial charge is 0.176 e. The Kier molecular flexibility index (Phi) is 3.56. The van der Waals surface area contributed by atoms with Gasteiger partial charge in [0.15, 0.2) is 5.78 Å². The number of Topliss-reactive ketones (excluding diaryl/α,β-unsaturated/α-hetero) is 1. The van der Waals surface area contributed by atoms with E-state index in [1.54, 1.807) is 6.20 Å². The maximum Gasteiger partial charge on any atom is 0.176 e. The van der Waals surface area contributed by atoms with Crippen LogP contribution in [-0.2, 0) is 0 Å². The highest BCUT2D eigenvalue weighted by Gasteiger charge is 2.16. The molecule has 0 spiro atoms. The average molecular weight is 254 g/mol. The van der Waals surface area contributed by atoms with Gasteiger partial charge in [-0.3, -0.25) is 9.78 Å². The van der Waals surface area contributed by atoms with Crippen LogP contribution in [0.4, 0.5) is 0 Å². The molecule has 1 aromatic carbocycles. The van der Waals surface area contributed by atoms with Gasteiger partial charge in [-0.05, 0) is 25.0 Å². The minimum atomic E-state index is 0.152. The number of nitrogens with one attached hydrogen (secondary N) is 1. The molecule has 0 amide bonds. The van der Waals surface area contributed by atoms with Crippen molar-refractivity contribution in [2.24, 2.45) is 0 Å². The van der Waals surface area contributed by atoms with Gasteiger partial charge in [0.05, 0.1) is 12.1 Å². The fourth-order valence-electron chi connectivity index (χ4n) is 2.71. The van der Waals surface area contributed by atoms with E-state index in [-0.39, 0.29) is 5.78 Å².